The number of anilines is 1. The third-order valence-corrected chi connectivity index (χ3v) is 3.07. The van der Waals surface area contributed by atoms with Crippen molar-refractivity contribution in [3.05, 3.63) is 29.3 Å². The standard InChI is InChI=1S/C14H19F3N2O/c1-3-4-9(2)13(20)19-11-6-5-10(8-18)12(7-11)14(15,16)17/h5-7,9H,3-4,8,18H2,1-2H3,(H,19,20). The van der Waals surface area contributed by atoms with Gasteiger partial charge in [0.15, 0.2) is 0 Å². The minimum Gasteiger partial charge on any atom is -0.326 e. The van der Waals surface area contributed by atoms with Gasteiger partial charge in [-0.3, -0.25) is 4.79 Å². The number of hydrogen-bond acceptors (Lipinski definition) is 2. The van der Waals surface area contributed by atoms with Gasteiger partial charge in [0.1, 0.15) is 0 Å². The Morgan fingerprint density at radius 2 is 2.05 bits per heavy atom. The van der Waals surface area contributed by atoms with Gasteiger partial charge in [0.25, 0.3) is 0 Å². The number of carbonyl (C=O) groups is 1. The van der Waals surface area contributed by atoms with Crippen molar-refractivity contribution in [3.63, 3.8) is 0 Å². The van der Waals surface area contributed by atoms with Crippen LogP contribution < -0.4 is 11.1 Å². The second-order valence-corrected chi connectivity index (χ2v) is 4.75. The number of benzene rings is 1. The Morgan fingerprint density at radius 1 is 1.40 bits per heavy atom. The van der Waals surface area contributed by atoms with E-state index in [2.05, 4.69) is 5.32 Å². The van der Waals surface area contributed by atoms with Crippen molar-refractivity contribution in [2.24, 2.45) is 11.7 Å². The van der Waals surface area contributed by atoms with Crippen LogP contribution in [-0.2, 0) is 17.5 Å². The molecule has 3 nitrogen and oxygen atoms in total. The Labute approximate surface area is 116 Å². The number of halogens is 3. The van der Waals surface area contributed by atoms with Crippen molar-refractivity contribution in [1.29, 1.82) is 0 Å². The van der Waals surface area contributed by atoms with Crippen molar-refractivity contribution >= 4 is 11.6 Å². The summed E-state index contributed by atoms with van der Waals surface area (Å²) in [5.41, 5.74) is 4.65. The normalized spacial score (nSPS) is 13.1. The van der Waals surface area contributed by atoms with Crippen molar-refractivity contribution in [3.8, 4) is 0 Å². The summed E-state index contributed by atoms with van der Waals surface area (Å²) in [4.78, 5) is 11.8. The number of amides is 1. The van der Waals surface area contributed by atoms with Gasteiger partial charge in [0, 0.05) is 18.2 Å². The largest absolute Gasteiger partial charge is 0.416 e. The Kier molecular flexibility index (Phi) is 5.56. The van der Waals surface area contributed by atoms with E-state index in [9.17, 15) is 18.0 Å². The zero-order valence-corrected chi connectivity index (χ0v) is 11.6. The fraction of sp³-hybridized carbons (Fsp3) is 0.500. The van der Waals surface area contributed by atoms with Gasteiger partial charge in [-0.2, -0.15) is 13.2 Å². The monoisotopic (exact) mass is 288 g/mol. The van der Waals surface area contributed by atoms with Crippen LogP contribution in [0.4, 0.5) is 18.9 Å². The Bertz CT molecular complexity index is 472. The first-order chi connectivity index (χ1) is 9.29. The summed E-state index contributed by atoms with van der Waals surface area (Å²) in [7, 11) is 0. The number of rotatable bonds is 5. The van der Waals surface area contributed by atoms with Crippen molar-refractivity contribution in [2.45, 2.75) is 39.4 Å². The minimum atomic E-state index is -4.48. The van der Waals surface area contributed by atoms with Crippen LogP contribution in [-0.4, -0.2) is 5.91 Å². The van der Waals surface area contributed by atoms with Crippen molar-refractivity contribution in [1.82, 2.24) is 0 Å². The van der Waals surface area contributed by atoms with Crippen molar-refractivity contribution < 1.29 is 18.0 Å². The fourth-order valence-corrected chi connectivity index (χ4v) is 1.93. The van der Waals surface area contributed by atoms with E-state index in [1.807, 2.05) is 6.92 Å². The van der Waals surface area contributed by atoms with E-state index in [0.717, 1.165) is 12.5 Å². The molecule has 0 fully saturated rings. The van der Waals surface area contributed by atoms with Gasteiger partial charge in [-0.1, -0.05) is 26.3 Å². The van der Waals surface area contributed by atoms with Gasteiger partial charge in [-0.05, 0) is 24.1 Å². The third kappa shape index (κ3) is 4.23. The fourth-order valence-electron chi connectivity index (χ4n) is 1.93. The quantitative estimate of drug-likeness (QED) is 0.870. The molecular weight excluding hydrogens is 269 g/mol. The molecule has 0 aliphatic rings. The molecule has 0 bridgehead atoms. The molecule has 0 saturated carbocycles. The van der Waals surface area contributed by atoms with Gasteiger partial charge in [-0.15, -0.1) is 0 Å². The smallest absolute Gasteiger partial charge is 0.326 e. The van der Waals surface area contributed by atoms with E-state index < -0.39 is 11.7 Å². The second-order valence-electron chi connectivity index (χ2n) is 4.75. The van der Waals surface area contributed by atoms with Crippen LogP contribution in [0.5, 0.6) is 0 Å². The van der Waals surface area contributed by atoms with E-state index in [0.29, 0.717) is 6.42 Å². The van der Waals surface area contributed by atoms with Gasteiger partial charge in [0.05, 0.1) is 5.56 Å². The average molecular weight is 288 g/mol. The summed E-state index contributed by atoms with van der Waals surface area (Å²) in [6.07, 6.45) is -2.95. The molecule has 112 valence electrons. The van der Waals surface area contributed by atoms with E-state index in [-0.39, 0.29) is 29.6 Å². The van der Waals surface area contributed by atoms with Crippen LogP contribution in [0.25, 0.3) is 0 Å². The number of nitrogens with two attached hydrogens (primary N) is 1. The van der Waals surface area contributed by atoms with Gasteiger partial charge in [0.2, 0.25) is 5.91 Å². The van der Waals surface area contributed by atoms with E-state index in [1.54, 1.807) is 6.92 Å². The summed E-state index contributed by atoms with van der Waals surface area (Å²) in [6.45, 7) is 3.49. The zero-order chi connectivity index (χ0) is 15.3. The summed E-state index contributed by atoms with van der Waals surface area (Å²) < 4.78 is 38.6. The molecule has 1 rings (SSSR count). The van der Waals surface area contributed by atoms with Crippen LogP contribution in [0.3, 0.4) is 0 Å². The molecule has 20 heavy (non-hydrogen) atoms. The first-order valence-corrected chi connectivity index (χ1v) is 6.50. The van der Waals surface area contributed by atoms with Crippen LogP contribution in [0, 0.1) is 5.92 Å². The topological polar surface area (TPSA) is 55.1 Å². The third-order valence-electron chi connectivity index (χ3n) is 3.07. The van der Waals surface area contributed by atoms with E-state index >= 15 is 0 Å². The molecule has 0 spiro atoms. The highest BCUT2D eigenvalue weighted by atomic mass is 19.4. The van der Waals surface area contributed by atoms with Gasteiger partial charge in [-0.25, -0.2) is 0 Å². The van der Waals surface area contributed by atoms with Gasteiger partial charge >= 0.3 is 6.18 Å². The highest BCUT2D eigenvalue weighted by Gasteiger charge is 2.33. The molecule has 0 radical (unpaired) electrons. The molecule has 6 heteroatoms. The summed E-state index contributed by atoms with van der Waals surface area (Å²) in [6, 6.07) is 3.66. The molecule has 0 heterocycles. The molecular formula is C14H19F3N2O. The predicted molar refractivity (Wildman–Crippen MR) is 72.0 cm³/mol. The number of hydrogen-bond donors (Lipinski definition) is 2. The minimum absolute atomic E-state index is 0.0112. The van der Waals surface area contributed by atoms with Crippen LogP contribution in [0.15, 0.2) is 18.2 Å². The molecule has 1 aromatic carbocycles. The number of nitrogens with one attached hydrogen (secondary N) is 1. The van der Waals surface area contributed by atoms with Crippen LogP contribution in [0.1, 0.15) is 37.8 Å². The molecule has 1 atom stereocenters. The summed E-state index contributed by atoms with van der Waals surface area (Å²) in [5.74, 6) is -0.510. The molecule has 1 amide bonds. The lowest BCUT2D eigenvalue weighted by molar-refractivity contribution is -0.138. The SMILES string of the molecule is CCCC(C)C(=O)Nc1ccc(CN)c(C(F)(F)F)c1. The lowest BCUT2D eigenvalue weighted by atomic mass is 10.0. The molecule has 0 aliphatic heterocycles. The maximum Gasteiger partial charge on any atom is 0.416 e. The van der Waals surface area contributed by atoms with Crippen LogP contribution >= 0.6 is 0 Å². The molecule has 0 saturated heterocycles. The van der Waals surface area contributed by atoms with E-state index in [4.69, 9.17) is 5.73 Å². The highest BCUT2D eigenvalue weighted by Crippen LogP contribution is 2.33. The summed E-state index contributed by atoms with van der Waals surface area (Å²) >= 11 is 0. The molecule has 0 aliphatic carbocycles. The van der Waals surface area contributed by atoms with Crippen molar-refractivity contribution in [2.75, 3.05) is 5.32 Å². The summed E-state index contributed by atoms with van der Waals surface area (Å²) in [5, 5.41) is 2.51. The maximum absolute atomic E-state index is 12.9. The zero-order valence-electron chi connectivity index (χ0n) is 11.6. The first kappa shape index (κ1) is 16.5. The highest BCUT2D eigenvalue weighted by molar-refractivity contribution is 5.92. The Morgan fingerprint density at radius 3 is 2.55 bits per heavy atom. The predicted octanol–water partition coefficient (Wildman–Crippen LogP) is 3.54. The molecule has 1 aromatic rings. The molecule has 0 aromatic heterocycles. The number of alkyl halides is 3. The number of carbonyl (C=O) groups excluding carboxylic acids is 1. The lowest BCUT2D eigenvalue weighted by Gasteiger charge is -2.15. The maximum atomic E-state index is 12.9. The van der Waals surface area contributed by atoms with Gasteiger partial charge < -0.3 is 11.1 Å². The molecule has 1 unspecified atom stereocenters. The molecule has 3 N–H and O–H groups in total. The Balaban J connectivity index is 2.95. The van der Waals surface area contributed by atoms with E-state index in [1.165, 1.54) is 12.1 Å². The average Bonchev–Trinajstić information content (AvgIpc) is 2.37. The Hall–Kier alpha value is -1.56. The van der Waals surface area contributed by atoms with Crippen LogP contribution in [0.2, 0.25) is 0 Å². The lowest BCUT2D eigenvalue weighted by Crippen LogP contribution is -2.21. The second kappa shape index (κ2) is 6.74. The first-order valence-electron chi connectivity index (χ1n) is 6.50.